The molecule has 0 aliphatic heterocycles. The normalized spacial score (nSPS) is 10.7. The predicted octanol–water partition coefficient (Wildman–Crippen LogP) is 2.54. The van der Waals surface area contributed by atoms with E-state index in [1.165, 1.54) is 0 Å². The molecule has 3 rings (SSSR count). The summed E-state index contributed by atoms with van der Waals surface area (Å²) >= 11 is 0. The first-order valence-electron chi connectivity index (χ1n) is 5.66. The molecule has 0 saturated heterocycles. The number of aryl methyl sites for hydroxylation is 1. The molecular formula is C14H11N3O. The molecule has 1 aromatic heterocycles. The van der Waals surface area contributed by atoms with Crippen molar-refractivity contribution in [3.8, 4) is 5.69 Å². The Morgan fingerprint density at radius 3 is 2.78 bits per heavy atom. The van der Waals surface area contributed by atoms with E-state index in [2.05, 4.69) is 10.3 Å². The molecule has 2 aromatic carbocycles. The number of para-hydroxylation sites is 1. The van der Waals surface area contributed by atoms with Crippen LogP contribution in [-0.2, 0) is 0 Å². The fourth-order valence-electron chi connectivity index (χ4n) is 1.98. The van der Waals surface area contributed by atoms with Crippen LogP contribution in [0, 0.1) is 6.92 Å². The molecule has 0 amide bonds. The Labute approximate surface area is 104 Å². The Morgan fingerprint density at radius 2 is 2.00 bits per heavy atom. The van der Waals surface area contributed by atoms with E-state index in [4.69, 9.17) is 0 Å². The fraction of sp³-hybridized carbons (Fsp3) is 0.0714. The van der Waals surface area contributed by atoms with Crippen LogP contribution in [0.4, 0.5) is 0 Å². The summed E-state index contributed by atoms with van der Waals surface area (Å²) < 4.78 is 1.77. The van der Waals surface area contributed by atoms with E-state index in [0.29, 0.717) is 5.56 Å². The van der Waals surface area contributed by atoms with Crippen LogP contribution in [0.5, 0.6) is 0 Å². The van der Waals surface area contributed by atoms with Crippen molar-refractivity contribution >= 4 is 17.3 Å². The van der Waals surface area contributed by atoms with Gasteiger partial charge in [0.15, 0.2) is 0 Å². The maximum Gasteiger partial charge on any atom is 0.150 e. The quantitative estimate of drug-likeness (QED) is 0.643. The van der Waals surface area contributed by atoms with Gasteiger partial charge in [-0.25, -0.2) is 4.68 Å². The van der Waals surface area contributed by atoms with E-state index in [1.807, 2.05) is 43.3 Å². The van der Waals surface area contributed by atoms with E-state index in [1.54, 1.807) is 10.7 Å². The van der Waals surface area contributed by atoms with Gasteiger partial charge in [-0.1, -0.05) is 17.3 Å². The second-order valence-corrected chi connectivity index (χ2v) is 4.15. The van der Waals surface area contributed by atoms with Crippen LogP contribution in [-0.4, -0.2) is 21.3 Å². The topological polar surface area (TPSA) is 47.8 Å². The third-order valence-corrected chi connectivity index (χ3v) is 2.98. The van der Waals surface area contributed by atoms with Gasteiger partial charge in [0.1, 0.15) is 11.8 Å². The largest absolute Gasteiger partial charge is 0.298 e. The number of aldehydes is 1. The summed E-state index contributed by atoms with van der Waals surface area (Å²) in [5.41, 5.74) is 4.35. The SMILES string of the molecule is Cc1cc(-n2nnc3ccccc32)ccc1C=O. The van der Waals surface area contributed by atoms with Crippen molar-refractivity contribution in [1.29, 1.82) is 0 Å². The van der Waals surface area contributed by atoms with Crippen LogP contribution in [0.3, 0.4) is 0 Å². The number of rotatable bonds is 2. The van der Waals surface area contributed by atoms with E-state index in [-0.39, 0.29) is 0 Å². The van der Waals surface area contributed by atoms with Crippen molar-refractivity contribution in [3.63, 3.8) is 0 Å². The van der Waals surface area contributed by atoms with Crippen LogP contribution < -0.4 is 0 Å². The lowest BCUT2D eigenvalue weighted by Crippen LogP contribution is -1.98. The van der Waals surface area contributed by atoms with Crippen molar-refractivity contribution in [2.24, 2.45) is 0 Å². The summed E-state index contributed by atoms with van der Waals surface area (Å²) in [5, 5.41) is 8.25. The molecule has 0 radical (unpaired) electrons. The lowest BCUT2D eigenvalue weighted by molar-refractivity contribution is 0.112. The molecule has 3 aromatic rings. The van der Waals surface area contributed by atoms with Gasteiger partial charge in [0.25, 0.3) is 0 Å². The van der Waals surface area contributed by atoms with Crippen LogP contribution in [0.2, 0.25) is 0 Å². The minimum Gasteiger partial charge on any atom is -0.298 e. The van der Waals surface area contributed by atoms with E-state index in [9.17, 15) is 4.79 Å². The van der Waals surface area contributed by atoms with Crippen LogP contribution >= 0.6 is 0 Å². The summed E-state index contributed by atoms with van der Waals surface area (Å²) in [4.78, 5) is 10.8. The summed E-state index contributed by atoms with van der Waals surface area (Å²) in [6.07, 6.45) is 0.860. The van der Waals surface area contributed by atoms with E-state index in [0.717, 1.165) is 28.6 Å². The van der Waals surface area contributed by atoms with Gasteiger partial charge in [0.2, 0.25) is 0 Å². The van der Waals surface area contributed by atoms with Crippen molar-refractivity contribution in [1.82, 2.24) is 15.0 Å². The highest BCUT2D eigenvalue weighted by Crippen LogP contribution is 2.18. The second-order valence-electron chi connectivity index (χ2n) is 4.15. The Bertz CT molecular complexity index is 731. The molecule has 0 fully saturated rings. The van der Waals surface area contributed by atoms with Gasteiger partial charge in [0.05, 0.1) is 11.2 Å². The van der Waals surface area contributed by atoms with Gasteiger partial charge >= 0.3 is 0 Å². The Hall–Kier alpha value is -2.49. The van der Waals surface area contributed by atoms with Crippen LogP contribution in [0.15, 0.2) is 42.5 Å². The highest BCUT2D eigenvalue weighted by Gasteiger charge is 2.06. The first-order chi connectivity index (χ1) is 8.79. The van der Waals surface area contributed by atoms with Crippen LogP contribution in [0.1, 0.15) is 15.9 Å². The van der Waals surface area contributed by atoms with Gasteiger partial charge < -0.3 is 0 Å². The number of fused-ring (bicyclic) bond motifs is 1. The number of aromatic nitrogens is 3. The van der Waals surface area contributed by atoms with Gasteiger partial charge in [-0.15, -0.1) is 5.10 Å². The number of carbonyl (C=O) groups excluding carboxylic acids is 1. The third-order valence-electron chi connectivity index (χ3n) is 2.98. The molecule has 1 heterocycles. The zero-order chi connectivity index (χ0) is 12.5. The highest BCUT2D eigenvalue weighted by molar-refractivity contribution is 5.79. The minimum absolute atomic E-state index is 0.697. The first kappa shape index (κ1) is 10.7. The summed E-state index contributed by atoms with van der Waals surface area (Å²) in [7, 11) is 0. The molecule has 0 N–H and O–H groups in total. The Kier molecular flexibility index (Phi) is 2.41. The van der Waals surface area contributed by atoms with Gasteiger partial charge in [-0.05, 0) is 42.8 Å². The maximum atomic E-state index is 10.8. The Morgan fingerprint density at radius 1 is 1.17 bits per heavy atom. The van der Waals surface area contributed by atoms with E-state index >= 15 is 0 Å². The molecule has 0 aliphatic carbocycles. The summed E-state index contributed by atoms with van der Waals surface area (Å²) in [6.45, 7) is 1.91. The zero-order valence-corrected chi connectivity index (χ0v) is 9.87. The molecule has 4 heteroatoms. The molecule has 0 bridgehead atoms. The number of hydrogen-bond acceptors (Lipinski definition) is 3. The highest BCUT2D eigenvalue weighted by atomic mass is 16.1. The number of nitrogens with zero attached hydrogens (tertiary/aromatic N) is 3. The maximum absolute atomic E-state index is 10.8. The standard InChI is InChI=1S/C14H11N3O/c1-10-8-12(7-6-11(10)9-18)17-14-5-3-2-4-13(14)15-16-17/h2-9H,1H3. The minimum atomic E-state index is 0.697. The second kappa shape index (κ2) is 4.07. The number of benzene rings is 2. The monoisotopic (exact) mass is 237 g/mol. The molecule has 0 saturated carbocycles. The van der Waals surface area contributed by atoms with Gasteiger partial charge in [-0.3, -0.25) is 4.79 Å². The lowest BCUT2D eigenvalue weighted by atomic mass is 10.1. The molecule has 0 unspecified atom stereocenters. The average molecular weight is 237 g/mol. The Balaban J connectivity index is 2.20. The van der Waals surface area contributed by atoms with Crippen molar-refractivity contribution in [2.45, 2.75) is 6.92 Å². The molecule has 0 atom stereocenters. The third kappa shape index (κ3) is 1.59. The fourth-order valence-corrected chi connectivity index (χ4v) is 1.98. The molecule has 4 nitrogen and oxygen atoms in total. The zero-order valence-electron chi connectivity index (χ0n) is 9.87. The number of hydrogen-bond donors (Lipinski definition) is 0. The molecule has 0 spiro atoms. The summed E-state index contributed by atoms with van der Waals surface area (Å²) in [6, 6.07) is 13.4. The summed E-state index contributed by atoms with van der Waals surface area (Å²) in [5.74, 6) is 0. The van der Waals surface area contributed by atoms with Crippen LogP contribution in [0.25, 0.3) is 16.7 Å². The van der Waals surface area contributed by atoms with Gasteiger partial charge in [0, 0.05) is 5.56 Å². The average Bonchev–Trinajstić information content (AvgIpc) is 2.82. The van der Waals surface area contributed by atoms with Crippen molar-refractivity contribution in [3.05, 3.63) is 53.6 Å². The van der Waals surface area contributed by atoms with Crippen molar-refractivity contribution in [2.75, 3.05) is 0 Å². The molecule has 0 aliphatic rings. The lowest BCUT2D eigenvalue weighted by Gasteiger charge is -2.04. The van der Waals surface area contributed by atoms with Gasteiger partial charge in [-0.2, -0.15) is 0 Å². The predicted molar refractivity (Wildman–Crippen MR) is 69.0 cm³/mol. The van der Waals surface area contributed by atoms with Crippen molar-refractivity contribution < 1.29 is 4.79 Å². The smallest absolute Gasteiger partial charge is 0.150 e. The van der Waals surface area contributed by atoms with E-state index < -0.39 is 0 Å². The molecule has 18 heavy (non-hydrogen) atoms. The first-order valence-corrected chi connectivity index (χ1v) is 5.66. The number of carbonyl (C=O) groups is 1. The molecular weight excluding hydrogens is 226 g/mol. The molecule has 88 valence electrons.